The van der Waals surface area contributed by atoms with Crippen molar-refractivity contribution in [3.8, 4) is 0 Å². The molecule has 1 aromatic heterocycles. The lowest BCUT2D eigenvalue weighted by Gasteiger charge is -2.16. The van der Waals surface area contributed by atoms with Crippen LogP contribution in [-0.2, 0) is 0 Å². The van der Waals surface area contributed by atoms with Gasteiger partial charge in [0.25, 0.3) is 0 Å². The van der Waals surface area contributed by atoms with Crippen LogP contribution in [-0.4, -0.2) is 9.78 Å². The van der Waals surface area contributed by atoms with Crippen molar-refractivity contribution in [2.75, 3.05) is 0 Å². The predicted molar refractivity (Wildman–Crippen MR) is 57.0 cm³/mol. The van der Waals surface area contributed by atoms with Gasteiger partial charge in [0.2, 0.25) is 0 Å². The summed E-state index contributed by atoms with van der Waals surface area (Å²) >= 11 is 2.24. The highest BCUT2D eigenvalue weighted by atomic mass is 127. The van der Waals surface area contributed by atoms with E-state index in [2.05, 4.69) is 50.7 Å². The molecule has 1 aliphatic rings. The zero-order chi connectivity index (χ0) is 8.39. The largest absolute Gasteiger partial charge is 0.265 e. The quantitative estimate of drug-likeness (QED) is 0.568. The van der Waals surface area contributed by atoms with E-state index in [1.54, 1.807) is 0 Å². The maximum atomic E-state index is 4.39. The molecule has 64 valence electrons. The van der Waals surface area contributed by atoms with E-state index in [1.165, 1.54) is 19.3 Å². The first-order valence-corrected chi connectivity index (χ1v) is 5.31. The predicted octanol–water partition coefficient (Wildman–Crippen LogP) is 2.77. The van der Waals surface area contributed by atoms with E-state index >= 15 is 0 Å². The first-order valence-electron chi connectivity index (χ1n) is 4.23. The van der Waals surface area contributed by atoms with E-state index in [-0.39, 0.29) is 0 Å². The van der Waals surface area contributed by atoms with Crippen LogP contribution in [0.2, 0.25) is 0 Å². The molecular weight excluding hydrogens is 263 g/mol. The second-order valence-corrected chi connectivity index (χ2v) is 4.15. The van der Waals surface area contributed by atoms with Crippen LogP contribution in [0.15, 0.2) is 24.4 Å². The molecule has 2 rings (SSSR count). The van der Waals surface area contributed by atoms with Crippen molar-refractivity contribution in [1.82, 2.24) is 9.78 Å². The summed E-state index contributed by atoms with van der Waals surface area (Å²) < 4.78 is 3.13. The molecule has 1 atom stereocenters. The van der Waals surface area contributed by atoms with Crippen molar-refractivity contribution in [2.24, 2.45) is 0 Å². The summed E-state index contributed by atoms with van der Waals surface area (Å²) in [5.41, 5.74) is 0. The van der Waals surface area contributed by atoms with E-state index in [0.717, 1.165) is 3.70 Å². The van der Waals surface area contributed by atoms with Gasteiger partial charge in [-0.3, -0.25) is 4.68 Å². The molecule has 0 aromatic carbocycles. The number of allylic oxidation sites excluding steroid dienone is 2. The van der Waals surface area contributed by atoms with Gasteiger partial charge in [-0.15, -0.1) is 0 Å². The summed E-state index contributed by atoms with van der Waals surface area (Å²) in [4.78, 5) is 0. The Bertz CT molecular complexity index is 290. The molecule has 0 N–H and O–H groups in total. The average molecular weight is 274 g/mol. The molecule has 12 heavy (non-hydrogen) atoms. The van der Waals surface area contributed by atoms with Crippen LogP contribution < -0.4 is 0 Å². The fourth-order valence-corrected chi connectivity index (χ4v) is 1.92. The Morgan fingerprint density at radius 2 is 2.50 bits per heavy atom. The molecule has 0 saturated carbocycles. The molecular formula is C9H11IN2. The lowest BCUT2D eigenvalue weighted by Crippen LogP contribution is -2.09. The number of nitrogens with zero attached hydrogens (tertiary/aromatic N) is 2. The van der Waals surface area contributed by atoms with Crippen LogP contribution in [0.3, 0.4) is 0 Å². The van der Waals surface area contributed by atoms with Gasteiger partial charge in [0.05, 0.1) is 6.04 Å². The van der Waals surface area contributed by atoms with Crippen LogP contribution in [0.5, 0.6) is 0 Å². The van der Waals surface area contributed by atoms with Crippen molar-refractivity contribution >= 4 is 22.6 Å². The van der Waals surface area contributed by atoms with E-state index in [0.29, 0.717) is 6.04 Å². The zero-order valence-corrected chi connectivity index (χ0v) is 8.94. The third kappa shape index (κ3) is 1.71. The lowest BCUT2D eigenvalue weighted by molar-refractivity contribution is 0.472. The Labute approximate surface area is 85.8 Å². The SMILES string of the molecule is Ic1ccn(C2C=CCCC2)n1. The first kappa shape index (κ1) is 8.29. The van der Waals surface area contributed by atoms with Crippen LogP contribution in [0.1, 0.15) is 25.3 Å². The standard InChI is InChI=1S/C9H11IN2/c10-9-6-7-12(11-9)8-4-2-1-3-5-8/h2,4,6-8H,1,3,5H2. The van der Waals surface area contributed by atoms with Crippen LogP contribution in [0.25, 0.3) is 0 Å². The van der Waals surface area contributed by atoms with Crippen molar-refractivity contribution < 1.29 is 0 Å². The van der Waals surface area contributed by atoms with Crippen LogP contribution >= 0.6 is 22.6 Å². The summed E-state index contributed by atoms with van der Waals surface area (Å²) in [5, 5.41) is 4.39. The van der Waals surface area contributed by atoms with Gasteiger partial charge in [-0.2, -0.15) is 5.10 Å². The van der Waals surface area contributed by atoms with Gasteiger partial charge < -0.3 is 0 Å². The van der Waals surface area contributed by atoms with E-state index < -0.39 is 0 Å². The molecule has 1 unspecified atom stereocenters. The highest BCUT2D eigenvalue weighted by Gasteiger charge is 2.10. The van der Waals surface area contributed by atoms with Gasteiger partial charge in [-0.1, -0.05) is 12.2 Å². The zero-order valence-electron chi connectivity index (χ0n) is 6.78. The summed E-state index contributed by atoms with van der Waals surface area (Å²) in [6.07, 6.45) is 10.3. The molecule has 0 amide bonds. The average Bonchev–Trinajstić information content (AvgIpc) is 2.54. The number of rotatable bonds is 1. The van der Waals surface area contributed by atoms with Gasteiger partial charge in [0, 0.05) is 6.20 Å². The van der Waals surface area contributed by atoms with Gasteiger partial charge in [0.1, 0.15) is 3.70 Å². The summed E-state index contributed by atoms with van der Waals surface area (Å²) in [6, 6.07) is 2.55. The minimum Gasteiger partial charge on any atom is -0.265 e. The smallest absolute Gasteiger partial charge is 0.123 e. The highest BCUT2D eigenvalue weighted by molar-refractivity contribution is 14.1. The van der Waals surface area contributed by atoms with Gasteiger partial charge in [-0.25, -0.2) is 0 Å². The van der Waals surface area contributed by atoms with Crippen molar-refractivity contribution in [3.05, 3.63) is 28.1 Å². The van der Waals surface area contributed by atoms with E-state index in [9.17, 15) is 0 Å². The molecule has 0 saturated heterocycles. The fourth-order valence-electron chi connectivity index (χ4n) is 1.51. The van der Waals surface area contributed by atoms with Gasteiger partial charge in [0.15, 0.2) is 0 Å². The first-order chi connectivity index (χ1) is 5.86. The van der Waals surface area contributed by atoms with Crippen molar-refractivity contribution in [2.45, 2.75) is 25.3 Å². The number of hydrogen-bond acceptors (Lipinski definition) is 1. The fraction of sp³-hybridized carbons (Fsp3) is 0.444. The Morgan fingerprint density at radius 3 is 3.08 bits per heavy atom. The van der Waals surface area contributed by atoms with Crippen LogP contribution in [0, 0.1) is 3.70 Å². The third-order valence-electron chi connectivity index (χ3n) is 2.14. The van der Waals surface area contributed by atoms with Gasteiger partial charge in [-0.05, 0) is 47.9 Å². The van der Waals surface area contributed by atoms with Crippen molar-refractivity contribution in [1.29, 1.82) is 0 Å². The molecule has 0 radical (unpaired) electrons. The minimum atomic E-state index is 0.502. The molecule has 0 bridgehead atoms. The second kappa shape index (κ2) is 3.60. The Hall–Kier alpha value is -0.320. The maximum absolute atomic E-state index is 4.39. The van der Waals surface area contributed by atoms with E-state index in [1.807, 2.05) is 6.07 Å². The third-order valence-corrected chi connectivity index (χ3v) is 2.72. The molecule has 1 aromatic rings. The second-order valence-electron chi connectivity index (χ2n) is 3.04. The molecule has 1 heterocycles. The van der Waals surface area contributed by atoms with Crippen molar-refractivity contribution in [3.63, 3.8) is 0 Å². The summed E-state index contributed by atoms with van der Waals surface area (Å²) in [6.45, 7) is 0. The highest BCUT2D eigenvalue weighted by Crippen LogP contribution is 2.21. The van der Waals surface area contributed by atoms with Crippen LogP contribution in [0.4, 0.5) is 0 Å². The number of halogens is 1. The molecule has 0 spiro atoms. The summed E-state index contributed by atoms with van der Waals surface area (Å²) in [5.74, 6) is 0. The molecule has 1 aliphatic carbocycles. The number of aromatic nitrogens is 2. The lowest BCUT2D eigenvalue weighted by atomic mass is 10.0. The number of hydrogen-bond donors (Lipinski definition) is 0. The molecule has 2 nitrogen and oxygen atoms in total. The normalized spacial score (nSPS) is 22.9. The molecule has 0 aliphatic heterocycles. The van der Waals surface area contributed by atoms with Gasteiger partial charge >= 0.3 is 0 Å². The minimum absolute atomic E-state index is 0.502. The Kier molecular flexibility index (Phi) is 2.48. The topological polar surface area (TPSA) is 17.8 Å². The maximum Gasteiger partial charge on any atom is 0.123 e. The van der Waals surface area contributed by atoms with E-state index in [4.69, 9.17) is 0 Å². The summed E-state index contributed by atoms with van der Waals surface area (Å²) in [7, 11) is 0. The Morgan fingerprint density at radius 1 is 1.58 bits per heavy atom. The monoisotopic (exact) mass is 274 g/mol. The molecule has 0 fully saturated rings. The molecule has 3 heteroatoms. The Balaban J connectivity index is 2.18.